The van der Waals surface area contributed by atoms with E-state index in [0.717, 1.165) is 40.5 Å². The maximum absolute atomic E-state index is 12.6. The quantitative estimate of drug-likeness (QED) is 0.621. The SMILES string of the molecule is Cc1sc2nc(CS[C@H](C)C(=O)Nc3nc4c(s3)CN(C)CC4)[nH]c(=O)c2c1C. The number of thiazole rings is 1. The Balaban J connectivity index is 1.39. The zero-order valence-electron chi connectivity index (χ0n) is 16.8. The van der Waals surface area contributed by atoms with E-state index >= 15 is 0 Å². The Morgan fingerprint density at radius 3 is 2.93 bits per heavy atom. The molecule has 0 aromatic carbocycles. The van der Waals surface area contributed by atoms with Crippen LogP contribution in [0.4, 0.5) is 5.13 Å². The van der Waals surface area contributed by atoms with Crippen molar-refractivity contribution in [1.29, 1.82) is 0 Å². The van der Waals surface area contributed by atoms with Gasteiger partial charge in [-0.3, -0.25) is 9.59 Å². The van der Waals surface area contributed by atoms with E-state index in [1.165, 1.54) is 28.0 Å². The number of thiophene rings is 1. The summed E-state index contributed by atoms with van der Waals surface area (Å²) >= 11 is 4.54. The Morgan fingerprint density at radius 2 is 2.14 bits per heavy atom. The summed E-state index contributed by atoms with van der Waals surface area (Å²) in [5.41, 5.74) is 1.98. The van der Waals surface area contributed by atoms with Gasteiger partial charge in [-0.2, -0.15) is 0 Å². The van der Waals surface area contributed by atoms with Crippen molar-refractivity contribution in [3.63, 3.8) is 0 Å². The van der Waals surface area contributed by atoms with Crippen molar-refractivity contribution >= 4 is 55.7 Å². The molecule has 1 aliphatic heterocycles. The van der Waals surface area contributed by atoms with Crippen LogP contribution in [0.1, 0.15) is 33.8 Å². The molecular weight excluding hydrogens is 426 g/mol. The van der Waals surface area contributed by atoms with Crippen LogP contribution in [0.2, 0.25) is 0 Å². The molecule has 0 saturated heterocycles. The fourth-order valence-electron chi connectivity index (χ4n) is 3.23. The average Bonchev–Trinajstić information content (AvgIpc) is 3.19. The van der Waals surface area contributed by atoms with Crippen LogP contribution in [-0.2, 0) is 23.5 Å². The molecule has 0 radical (unpaired) electrons. The van der Waals surface area contributed by atoms with Crippen LogP contribution < -0.4 is 10.9 Å². The molecular formula is C19H23N5O2S3. The summed E-state index contributed by atoms with van der Waals surface area (Å²) in [6.07, 6.45) is 0.922. The van der Waals surface area contributed by atoms with Gasteiger partial charge >= 0.3 is 0 Å². The zero-order chi connectivity index (χ0) is 20.7. The van der Waals surface area contributed by atoms with E-state index in [-0.39, 0.29) is 16.7 Å². The summed E-state index contributed by atoms with van der Waals surface area (Å²) in [5.74, 6) is 0.983. The summed E-state index contributed by atoms with van der Waals surface area (Å²) in [4.78, 5) is 42.3. The number of anilines is 1. The van der Waals surface area contributed by atoms with E-state index in [9.17, 15) is 9.59 Å². The fourth-order valence-corrected chi connectivity index (χ4v) is 6.13. The van der Waals surface area contributed by atoms with E-state index in [1.54, 1.807) is 11.3 Å². The molecule has 4 heterocycles. The number of nitrogens with zero attached hydrogens (tertiary/aromatic N) is 3. The maximum Gasteiger partial charge on any atom is 0.259 e. The monoisotopic (exact) mass is 449 g/mol. The Kier molecular flexibility index (Phi) is 5.78. The number of likely N-dealkylation sites (N-methyl/N-ethyl adjacent to an activating group) is 1. The number of H-pyrrole nitrogens is 1. The van der Waals surface area contributed by atoms with Crippen LogP contribution in [0.3, 0.4) is 0 Å². The molecule has 1 atom stereocenters. The van der Waals surface area contributed by atoms with Gasteiger partial charge < -0.3 is 15.2 Å². The molecule has 4 rings (SSSR count). The Labute approximate surface area is 181 Å². The number of aromatic nitrogens is 3. The molecule has 3 aromatic heterocycles. The summed E-state index contributed by atoms with van der Waals surface area (Å²) in [5, 5.41) is 3.99. The Morgan fingerprint density at radius 1 is 1.34 bits per heavy atom. The van der Waals surface area contributed by atoms with E-state index in [2.05, 4.69) is 32.2 Å². The number of thioether (sulfide) groups is 1. The second-order valence-electron chi connectivity index (χ2n) is 7.30. The number of carbonyl (C=O) groups excluding carboxylic acids is 1. The maximum atomic E-state index is 12.6. The van der Waals surface area contributed by atoms with Crippen LogP contribution >= 0.6 is 34.4 Å². The highest BCUT2D eigenvalue weighted by Crippen LogP contribution is 2.29. The summed E-state index contributed by atoms with van der Waals surface area (Å²) in [6, 6.07) is 0. The predicted octanol–water partition coefficient (Wildman–Crippen LogP) is 3.31. The molecule has 29 heavy (non-hydrogen) atoms. The smallest absolute Gasteiger partial charge is 0.259 e. The lowest BCUT2D eigenvalue weighted by molar-refractivity contribution is -0.115. The molecule has 3 aromatic rings. The lowest BCUT2D eigenvalue weighted by atomic mass is 10.2. The van der Waals surface area contributed by atoms with Gasteiger partial charge in [-0.05, 0) is 33.4 Å². The predicted molar refractivity (Wildman–Crippen MR) is 121 cm³/mol. The molecule has 0 aliphatic carbocycles. The molecule has 0 fully saturated rings. The lowest BCUT2D eigenvalue weighted by Gasteiger charge is -2.20. The first-order valence-electron chi connectivity index (χ1n) is 9.40. The van der Waals surface area contributed by atoms with Gasteiger partial charge in [-0.25, -0.2) is 9.97 Å². The summed E-state index contributed by atoms with van der Waals surface area (Å²) in [7, 11) is 2.09. The molecule has 0 bridgehead atoms. The Bertz CT molecular complexity index is 1130. The number of carbonyl (C=O) groups is 1. The third-order valence-electron chi connectivity index (χ3n) is 5.08. The standard InChI is InChI=1S/C19H23N5O2S3/c1-9-10(2)28-18-15(9)17(26)21-14(22-18)8-27-11(3)16(25)23-19-20-12-5-6-24(4)7-13(12)29-19/h11H,5-8H2,1-4H3,(H,20,23,25)(H,21,22,26)/t11-/m1/s1. The van der Waals surface area contributed by atoms with Crippen molar-refractivity contribution in [2.75, 3.05) is 18.9 Å². The lowest BCUT2D eigenvalue weighted by Crippen LogP contribution is -2.25. The average molecular weight is 450 g/mol. The first kappa shape index (κ1) is 20.5. The second-order valence-corrected chi connectivity index (χ2v) is 10.9. The van der Waals surface area contributed by atoms with Gasteiger partial charge in [0.2, 0.25) is 5.91 Å². The Hall–Kier alpha value is -1.75. The van der Waals surface area contributed by atoms with Crippen molar-refractivity contribution in [3.8, 4) is 0 Å². The molecule has 1 aliphatic rings. The zero-order valence-corrected chi connectivity index (χ0v) is 19.2. The minimum absolute atomic E-state index is 0.0827. The number of aromatic amines is 1. The summed E-state index contributed by atoms with van der Waals surface area (Å²) < 4.78 is 0. The fraction of sp³-hybridized carbons (Fsp3) is 0.474. The van der Waals surface area contributed by atoms with Crippen LogP contribution in [0.5, 0.6) is 0 Å². The third-order valence-corrected chi connectivity index (χ3v) is 8.33. The van der Waals surface area contributed by atoms with Gasteiger partial charge in [0.25, 0.3) is 5.56 Å². The minimum Gasteiger partial charge on any atom is -0.309 e. The number of nitrogens with one attached hydrogen (secondary N) is 2. The first-order chi connectivity index (χ1) is 13.8. The van der Waals surface area contributed by atoms with Gasteiger partial charge in [-0.1, -0.05) is 0 Å². The van der Waals surface area contributed by atoms with Crippen LogP contribution in [0, 0.1) is 13.8 Å². The highest BCUT2D eigenvalue weighted by Gasteiger charge is 2.21. The van der Waals surface area contributed by atoms with E-state index < -0.39 is 0 Å². The topological polar surface area (TPSA) is 91.0 Å². The van der Waals surface area contributed by atoms with Crippen molar-refractivity contribution in [2.45, 2.75) is 44.7 Å². The second kappa shape index (κ2) is 8.17. The normalized spacial score (nSPS) is 15.4. The largest absolute Gasteiger partial charge is 0.309 e. The van der Waals surface area contributed by atoms with E-state index in [4.69, 9.17) is 0 Å². The van der Waals surface area contributed by atoms with Crippen molar-refractivity contribution in [1.82, 2.24) is 19.9 Å². The number of amides is 1. The molecule has 0 spiro atoms. The van der Waals surface area contributed by atoms with Gasteiger partial charge in [0.1, 0.15) is 10.7 Å². The summed E-state index contributed by atoms with van der Waals surface area (Å²) in [6.45, 7) is 7.68. The van der Waals surface area contributed by atoms with Gasteiger partial charge in [0, 0.05) is 29.3 Å². The number of fused-ring (bicyclic) bond motifs is 2. The highest BCUT2D eigenvalue weighted by atomic mass is 32.2. The first-order valence-corrected chi connectivity index (χ1v) is 12.1. The van der Waals surface area contributed by atoms with Crippen LogP contribution in [-0.4, -0.2) is 44.6 Å². The number of rotatable bonds is 5. The third kappa shape index (κ3) is 4.25. The molecule has 1 amide bonds. The van der Waals surface area contributed by atoms with Gasteiger partial charge in [-0.15, -0.1) is 34.4 Å². The minimum atomic E-state index is -0.286. The molecule has 0 saturated carbocycles. The van der Waals surface area contributed by atoms with E-state index in [1.807, 2.05) is 20.8 Å². The van der Waals surface area contributed by atoms with Gasteiger partial charge in [0.15, 0.2) is 5.13 Å². The molecule has 0 unspecified atom stereocenters. The number of hydrogen-bond acceptors (Lipinski definition) is 8. The molecule has 154 valence electrons. The van der Waals surface area contributed by atoms with Gasteiger partial charge in [0.05, 0.1) is 22.1 Å². The van der Waals surface area contributed by atoms with Crippen molar-refractivity contribution < 1.29 is 4.79 Å². The van der Waals surface area contributed by atoms with Crippen molar-refractivity contribution in [3.05, 3.63) is 37.2 Å². The highest BCUT2D eigenvalue weighted by molar-refractivity contribution is 7.99. The van der Waals surface area contributed by atoms with E-state index in [0.29, 0.717) is 22.1 Å². The molecule has 10 heteroatoms. The van der Waals surface area contributed by atoms with Crippen molar-refractivity contribution in [2.24, 2.45) is 0 Å². The number of hydrogen-bond donors (Lipinski definition) is 2. The molecule has 2 N–H and O–H groups in total. The number of aryl methyl sites for hydroxylation is 2. The molecule has 7 nitrogen and oxygen atoms in total. The van der Waals surface area contributed by atoms with Crippen LogP contribution in [0.25, 0.3) is 10.2 Å². The van der Waals surface area contributed by atoms with Crippen LogP contribution in [0.15, 0.2) is 4.79 Å².